The normalized spacial score (nSPS) is 18.8. The van der Waals surface area contributed by atoms with Gasteiger partial charge in [-0.05, 0) is 32.8 Å². The quantitative estimate of drug-likeness (QED) is 0.869. The summed E-state index contributed by atoms with van der Waals surface area (Å²) in [6, 6.07) is 2.01. The minimum atomic E-state index is 0.507. The SMILES string of the molecule is Cc1cc(C)nc(N2CCCC(COc3nccs3)C2)n1. The molecule has 0 aliphatic carbocycles. The summed E-state index contributed by atoms with van der Waals surface area (Å²) in [6.07, 6.45) is 4.12. The summed E-state index contributed by atoms with van der Waals surface area (Å²) >= 11 is 1.54. The lowest BCUT2D eigenvalue weighted by molar-refractivity contribution is 0.227. The molecule has 112 valence electrons. The summed E-state index contributed by atoms with van der Waals surface area (Å²) in [5.74, 6) is 1.36. The Bertz CT molecular complexity index is 567. The largest absolute Gasteiger partial charge is 0.470 e. The molecule has 3 heterocycles. The van der Waals surface area contributed by atoms with E-state index in [2.05, 4.69) is 19.9 Å². The number of hydrogen-bond acceptors (Lipinski definition) is 6. The molecule has 0 amide bonds. The van der Waals surface area contributed by atoms with Crippen molar-refractivity contribution in [2.75, 3.05) is 24.6 Å². The molecular formula is C15H20N4OS. The summed E-state index contributed by atoms with van der Waals surface area (Å²) in [7, 11) is 0. The van der Waals surface area contributed by atoms with Crippen molar-refractivity contribution < 1.29 is 4.74 Å². The Labute approximate surface area is 129 Å². The van der Waals surface area contributed by atoms with Crippen molar-refractivity contribution in [3.63, 3.8) is 0 Å². The molecule has 21 heavy (non-hydrogen) atoms. The van der Waals surface area contributed by atoms with Crippen molar-refractivity contribution in [3.05, 3.63) is 29.0 Å². The Balaban J connectivity index is 1.62. The molecule has 1 aliphatic heterocycles. The van der Waals surface area contributed by atoms with Crippen LogP contribution in [0.2, 0.25) is 0 Å². The van der Waals surface area contributed by atoms with Crippen LogP contribution >= 0.6 is 11.3 Å². The smallest absolute Gasteiger partial charge is 0.273 e. The maximum atomic E-state index is 5.76. The van der Waals surface area contributed by atoms with E-state index in [9.17, 15) is 0 Å². The number of hydrogen-bond donors (Lipinski definition) is 0. The van der Waals surface area contributed by atoms with E-state index in [0.717, 1.165) is 48.6 Å². The molecule has 1 aliphatic rings. The average Bonchev–Trinajstić information content (AvgIpc) is 2.98. The van der Waals surface area contributed by atoms with E-state index < -0.39 is 0 Å². The molecule has 3 rings (SSSR count). The van der Waals surface area contributed by atoms with Crippen LogP contribution in [-0.4, -0.2) is 34.6 Å². The number of rotatable bonds is 4. The first-order valence-electron chi connectivity index (χ1n) is 7.30. The second kappa shape index (κ2) is 6.39. The fraction of sp³-hybridized carbons (Fsp3) is 0.533. The number of piperidine rings is 1. The van der Waals surface area contributed by atoms with E-state index in [1.54, 1.807) is 17.5 Å². The Morgan fingerprint density at radius 3 is 2.86 bits per heavy atom. The highest BCUT2D eigenvalue weighted by Crippen LogP contribution is 2.22. The molecule has 2 aromatic heterocycles. The molecule has 0 N–H and O–H groups in total. The van der Waals surface area contributed by atoms with E-state index in [1.807, 2.05) is 25.3 Å². The van der Waals surface area contributed by atoms with Crippen LogP contribution in [0.5, 0.6) is 5.19 Å². The van der Waals surface area contributed by atoms with Crippen molar-refractivity contribution in [1.29, 1.82) is 0 Å². The summed E-state index contributed by atoms with van der Waals surface area (Å²) in [5, 5.41) is 2.70. The van der Waals surface area contributed by atoms with Gasteiger partial charge < -0.3 is 9.64 Å². The number of nitrogens with zero attached hydrogens (tertiary/aromatic N) is 4. The molecule has 0 bridgehead atoms. The van der Waals surface area contributed by atoms with Crippen LogP contribution in [0, 0.1) is 19.8 Å². The summed E-state index contributed by atoms with van der Waals surface area (Å²) in [4.78, 5) is 15.6. The van der Waals surface area contributed by atoms with Gasteiger partial charge in [0.15, 0.2) is 0 Å². The molecule has 1 saturated heterocycles. The molecule has 0 spiro atoms. The maximum absolute atomic E-state index is 5.76. The highest BCUT2D eigenvalue weighted by molar-refractivity contribution is 7.11. The van der Waals surface area contributed by atoms with E-state index in [0.29, 0.717) is 5.92 Å². The van der Waals surface area contributed by atoms with E-state index in [1.165, 1.54) is 6.42 Å². The summed E-state index contributed by atoms with van der Waals surface area (Å²) < 4.78 is 5.76. The molecule has 6 heteroatoms. The van der Waals surface area contributed by atoms with Gasteiger partial charge in [-0.1, -0.05) is 11.3 Å². The third kappa shape index (κ3) is 3.69. The lowest BCUT2D eigenvalue weighted by Gasteiger charge is -2.32. The van der Waals surface area contributed by atoms with Crippen molar-refractivity contribution in [3.8, 4) is 5.19 Å². The minimum absolute atomic E-state index is 0.507. The zero-order valence-electron chi connectivity index (χ0n) is 12.5. The predicted molar refractivity (Wildman–Crippen MR) is 84.1 cm³/mol. The number of ether oxygens (including phenoxy) is 1. The minimum Gasteiger partial charge on any atom is -0.470 e. The van der Waals surface area contributed by atoms with Gasteiger partial charge in [0.2, 0.25) is 5.95 Å². The Kier molecular flexibility index (Phi) is 4.34. The number of aromatic nitrogens is 3. The molecule has 1 fully saturated rings. The van der Waals surface area contributed by atoms with Crippen LogP contribution in [-0.2, 0) is 0 Å². The highest BCUT2D eigenvalue weighted by atomic mass is 32.1. The lowest BCUT2D eigenvalue weighted by Crippen LogP contribution is -2.38. The van der Waals surface area contributed by atoms with E-state index in [4.69, 9.17) is 4.74 Å². The number of aryl methyl sites for hydroxylation is 2. The van der Waals surface area contributed by atoms with Crippen LogP contribution in [0.1, 0.15) is 24.2 Å². The van der Waals surface area contributed by atoms with Crippen molar-refractivity contribution in [1.82, 2.24) is 15.0 Å². The monoisotopic (exact) mass is 304 g/mol. The Hall–Kier alpha value is -1.69. The van der Waals surface area contributed by atoms with Gasteiger partial charge in [0.05, 0.1) is 6.61 Å². The van der Waals surface area contributed by atoms with Crippen LogP contribution in [0.25, 0.3) is 0 Å². The summed E-state index contributed by atoms with van der Waals surface area (Å²) in [6.45, 7) is 6.73. The highest BCUT2D eigenvalue weighted by Gasteiger charge is 2.22. The predicted octanol–water partition coefficient (Wildman–Crippen LogP) is 2.85. The second-order valence-electron chi connectivity index (χ2n) is 5.51. The van der Waals surface area contributed by atoms with Crippen LogP contribution in [0.15, 0.2) is 17.6 Å². The maximum Gasteiger partial charge on any atom is 0.273 e. The van der Waals surface area contributed by atoms with Crippen LogP contribution in [0.4, 0.5) is 5.95 Å². The molecule has 0 saturated carbocycles. The van der Waals surface area contributed by atoms with Gasteiger partial charge in [0.25, 0.3) is 5.19 Å². The lowest BCUT2D eigenvalue weighted by atomic mass is 9.99. The third-order valence-electron chi connectivity index (χ3n) is 3.62. The second-order valence-corrected chi connectivity index (χ2v) is 6.37. The van der Waals surface area contributed by atoms with E-state index in [-0.39, 0.29) is 0 Å². The van der Waals surface area contributed by atoms with Crippen molar-refractivity contribution in [2.45, 2.75) is 26.7 Å². The fourth-order valence-corrected chi connectivity index (χ4v) is 3.20. The standard InChI is InChI=1S/C15H20N4OS/c1-11-8-12(2)18-14(17-11)19-6-3-4-13(9-19)10-20-15-16-5-7-21-15/h5,7-8,13H,3-4,6,9-10H2,1-2H3. The van der Waals surface area contributed by atoms with Gasteiger partial charge in [-0.25, -0.2) is 15.0 Å². The molecule has 1 atom stereocenters. The molecular weight excluding hydrogens is 284 g/mol. The number of anilines is 1. The first kappa shape index (κ1) is 14.3. The number of thiazole rings is 1. The Morgan fingerprint density at radius 2 is 2.14 bits per heavy atom. The third-order valence-corrected chi connectivity index (χ3v) is 4.31. The molecule has 1 unspecified atom stereocenters. The average molecular weight is 304 g/mol. The van der Waals surface area contributed by atoms with E-state index >= 15 is 0 Å². The molecule has 5 nitrogen and oxygen atoms in total. The fourth-order valence-electron chi connectivity index (χ4n) is 2.70. The molecule has 0 aromatic carbocycles. The van der Waals surface area contributed by atoms with Gasteiger partial charge >= 0.3 is 0 Å². The Morgan fingerprint density at radius 1 is 1.33 bits per heavy atom. The first-order valence-corrected chi connectivity index (χ1v) is 8.18. The van der Waals surface area contributed by atoms with Gasteiger partial charge in [-0.2, -0.15) is 0 Å². The van der Waals surface area contributed by atoms with Gasteiger partial charge in [-0.15, -0.1) is 0 Å². The molecule has 2 aromatic rings. The molecule has 0 radical (unpaired) electrons. The van der Waals surface area contributed by atoms with Crippen molar-refractivity contribution >= 4 is 17.3 Å². The topological polar surface area (TPSA) is 51.1 Å². The summed E-state index contributed by atoms with van der Waals surface area (Å²) in [5.41, 5.74) is 2.05. The van der Waals surface area contributed by atoms with Crippen LogP contribution in [0.3, 0.4) is 0 Å². The zero-order valence-corrected chi connectivity index (χ0v) is 13.3. The van der Waals surface area contributed by atoms with Crippen molar-refractivity contribution in [2.24, 2.45) is 5.92 Å². The van der Waals surface area contributed by atoms with Crippen LogP contribution < -0.4 is 9.64 Å². The first-order chi connectivity index (χ1) is 10.2. The van der Waals surface area contributed by atoms with Gasteiger partial charge in [0.1, 0.15) is 0 Å². The zero-order chi connectivity index (χ0) is 14.7. The van der Waals surface area contributed by atoms with Gasteiger partial charge in [0, 0.05) is 42.0 Å². The van der Waals surface area contributed by atoms with Gasteiger partial charge in [-0.3, -0.25) is 0 Å².